The molecule has 2 heterocycles. The van der Waals surface area contributed by atoms with Crippen molar-refractivity contribution in [3.63, 3.8) is 0 Å². The number of anilines is 1. The van der Waals surface area contributed by atoms with E-state index < -0.39 is 0 Å². The Morgan fingerprint density at radius 1 is 1.26 bits per heavy atom. The monoisotopic (exact) mass is 319 g/mol. The van der Waals surface area contributed by atoms with E-state index >= 15 is 0 Å². The fourth-order valence-corrected chi connectivity index (χ4v) is 3.70. The summed E-state index contributed by atoms with van der Waals surface area (Å²) >= 11 is 0. The van der Waals surface area contributed by atoms with Crippen LogP contribution in [0, 0.1) is 17.0 Å². The molecule has 1 aromatic rings. The van der Waals surface area contributed by atoms with Crippen molar-refractivity contribution in [1.82, 2.24) is 4.90 Å². The van der Waals surface area contributed by atoms with E-state index in [2.05, 4.69) is 16.7 Å². The van der Waals surface area contributed by atoms with Gasteiger partial charge in [-0.1, -0.05) is 6.07 Å². The first-order valence-electron chi connectivity index (χ1n) is 8.40. The number of rotatable bonds is 3. The zero-order valence-corrected chi connectivity index (χ0v) is 13.9. The van der Waals surface area contributed by atoms with Crippen LogP contribution in [0.1, 0.15) is 25.3 Å². The van der Waals surface area contributed by atoms with Gasteiger partial charge in [0.15, 0.2) is 0 Å². The zero-order valence-electron chi connectivity index (χ0n) is 13.9. The smallest absolute Gasteiger partial charge is 0.292 e. The fraction of sp³-hybridized carbons (Fsp3) is 0.647. The average molecular weight is 319 g/mol. The molecule has 2 aliphatic rings. The molecule has 0 N–H and O–H groups in total. The molecule has 0 aromatic heterocycles. The van der Waals surface area contributed by atoms with E-state index in [-0.39, 0.29) is 10.6 Å². The third-order valence-corrected chi connectivity index (χ3v) is 4.92. The highest BCUT2D eigenvalue weighted by molar-refractivity contribution is 5.64. The molecule has 6 nitrogen and oxygen atoms in total. The first-order chi connectivity index (χ1) is 11.0. The summed E-state index contributed by atoms with van der Waals surface area (Å²) in [6, 6.07) is 6.09. The molecule has 2 aliphatic heterocycles. The van der Waals surface area contributed by atoms with E-state index in [0.29, 0.717) is 12.1 Å². The summed E-state index contributed by atoms with van der Waals surface area (Å²) in [5.41, 5.74) is 1.91. The standard InChI is InChI=1S/C17H25N3O3/c1-13-3-4-16(17(11-13)20(21)22)18-7-5-15(6-8-18)19-9-10-23-14(2)12-19/h3-4,11,14-15H,5-10,12H2,1-2H3. The van der Waals surface area contributed by atoms with Crippen LogP contribution in [-0.2, 0) is 4.74 Å². The number of hydrogen-bond donors (Lipinski definition) is 0. The second-order valence-corrected chi connectivity index (χ2v) is 6.64. The van der Waals surface area contributed by atoms with Crippen molar-refractivity contribution >= 4 is 11.4 Å². The number of ether oxygens (including phenoxy) is 1. The van der Waals surface area contributed by atoms with Gasteiger partial charge in [-0.3, -0.25) is 15.0 Å². The second kappa shape index (κ2) is 6.84. The summed E-state index contributed by atoms with van der Waals surface area (Å²) in [4.78, 5) is 15.7. The lowest BCUT2D eigenvalue weighted by atomic mass is 10.0. The van der Waals surface area contributed by atoms with Gasteiger partial charge in [-0.25, -0.2) is 0 Å². The van der Waals surface area contributed by atoms with Crippen LogP contribution >= 0.6 is 0 Å². The molecular formula is C17H25N3O3. The van der Waals surface area contributed by atoms with Crippen molar-refractivity contribution < 1.29 is 9.66 Å². The Morgan fingerprint density at radius 3 is 2.65 bits per heavy atom. The minimum absolute atomic E-state index is 0.225. The van der Waals surface area contributed by atoms with Gasteiger partial charge in [0, 0.05) is 38.3 Å². The van der Waals surface area contributed by atoms with Crippen LogP contribution in [0.15, 0.2) is 18.2 Å². The summed E-state index contributed by atoms with van der Waals surface area (Å²) in [5, 5.41) is 11.3. The Morgan fingerprint density at radius 2 is 2.00 bits per heavy atom. The van der Waals surface area contributed by atoms with Gasteiger partial charge in [-0.15, -0.1) is 0 Å². The van der Waals surface area contributed by atoms with Crippen LogP contribution in [0.5, 0.6) is 0 Å². The Kier molecular flexibility index (Phi) is 4.82. The lowest BCUT2D eigenvalue weighted by Gasteiger charge is -2.42. The SMILES string of the molecule is Cc1ccc(N2CCC(N3CCOC(C)C3)CC2)c([N+](=O)[O-])c1. The van der Waals surface area contributed by atoms with E-state index in [1.807, 2.05) is 19.1 Å². The van der Waals surface area contributed by atoms with E-state index in [4.69, 9.17) is 4.74 Å². The predicted molar refractivity (Wildman–Crippen MR) is 90.1 cm³/mol. The van der Waals surface area contributed by atoms with Gasteiger partial charge in [0.2, 0.25) is 0 Å². The Labute approximate surface area is 137 Å². The molecule has 0 bridgehead atoms. The van der Waals surface area contributed by atoms with Gasteiger partial charge >= 0.3 is 0 Å². The number of benzene rings is 1. The molecule has 0 saturated carbocycles. The molecule has 0 radical (unpaired) electrons. The second-order valence-electron chi connectivity index (χ2n) is 6.64. The molecule has 1 unspecified atom stereocenters. The minimum Gasteiger partial charge on any atom is -0.376 e. The van der Waals surface area contributed by atoms with E-state index in [1.165, 1.54) is 0 Å². The third kappa shape index (κ3) is 3.64. The van der Waals surface area contributed by atoms with Crippen LogP contribution in [0.4, 0.5) is 11.4 Å². The third-order valence-electron chi connectivity index (χ3n) is 4.92. The number of aryl methyl sites for hydroxylation is 1. The quantitative estimate of drug-likeness (QED) is 0.633. The largest absolute Gasteiger partial charge is 0.376 e. The molecule has 2 saturated heterocycles. The van der Waals surface area contributed by atoms with Crippen molar-refractivity contribution in [2.24, 2.45) is 0 Å². The number of morpholine rings is 1. The van der Waals surface area contributed by atoms with Crippen molar-refractivity contribution in [2.45, 2.75) is 38.8 Å². The molecule has 23 heavy (non-hydrogen) atoms. The van der Waals surface area contributed by atoms with Gasteiger partial charge in [0.25, 0.3) is 5.69 Å². The topological polar surface area (TPSA) is 58.8 Å². The lowest BCUT2D eigenvalue weighted by molar-refractivity contribution is -0.384. The molecule has 126 valence electrons. The highest BCUT2D eigenvalue weighted by Crippen LogP contribution is 2.32. The molecule has 6 heteroatoms. The summed E-state index contributed by atoms with van der Waals surface area (Å²) < 4.78 is 5.62. The molecule has 3 rings (SSSR count). The molecule has 2 fully saturated rings. The van der Waals surface area contributed by atoms with Gasteiger partial charge < -0.3 is 9.64 Å². The normalized spacial score (nSPS) is 23.9. The van der Waals surface area contributed by atoms with Gasteiger partial charge in [-0.2, -0.15) is 0 Å². The molecule has 1 aromatic carbocycles. The van der Waals surface area contributed by atoms with Crippen molar-refractivity contribution in [3.8, 4) is 0 Å². The Hall–Kier alpha value is -1.66. The predicted octanol–water partition coefficient (Wildman–Crippen LogP) is 2.59. The van der Waals surface area contributed by atoms with Crippen LogP contribution in [0.2, 0.25) is 0 Å². The number of nitro groups is 1. The van der Waals surface area contributed by atoms with Crippen molar-refractivity contribution in [2.75, 3.05) is 37.7 Å². The summed E-state index contributed by atoms with van der Waals surface area (Å²) in [5.74, 6) is 0. The van der Waals surface area contributed by atoms with Crippen LogP contribution in [-0.4, -0.2) is 54.8 Å². The maximum absolute atomic E-state index is 11.3. The number of piperidine rings is 1. The van der Waals surface area contributed by atoms with Crippen molar-refractivity contribution in [1.29, 1.82) is 0 Å². The number of nitro benzene ring substituents is 1. The van der Waals surface area contributed by atoms with Crippen molar-refractivity contribution in [3.05, 3.63) is 33.9 Å². The minimum atomic E-state index is -0.266. The first kappa shape index (κ1) is 16.2. The Balaban J connectivity index is 1.66. The average Bonchev–Trinajstić information content (AvgIpc) is 2.55. The molecule has 0 amide bonds. The summed E-state index contributed by atoms with van der Waals surface area (Å²) in [6.07, 6.45) is 2.41. The highest BCUT2D eigenvalue weighted by atomic mass is 16.6. The maximum Gasteiger partial charge on any atom is 0.292 e. The zero-order chi connectivity index (χ0) is 16.4. The van der Waals surface area contributed by atoms with Crippen LogP contribution < -0.4 is 4.90 Å². The maximum atomic E-state index is 11.3. The fourth-order valence-electron chi connectivity index (χ4n) is 3.70. The van der Waals surface area contributed by atoms with E-state index in [1.54, 1.807) is 6.07 Å². The van der Waals surface area contributed by atoms with E-state index in [9.17, 15) is 10.1 Å². The Bertz CT molecular complexity index is 570. The van der Waals surface area contributed by atoms with Crippen LogP contribution in [0.25, 0.3) is 0 Å². The van der Waals surface area contributed by atoms with Crippen LogP contribution in [0.3, 0.4) is 0 Å². The number of hydrogen-bond acceptors (Lipinski definition) is 5. The molecule has 0 aliphatic carbocycles. The summed E-state index contributed by atoms with van der Waals surface area (Å²) in [6.45, 7) is 8.57. The van der Waals surface area contributed by atoms with Gasteiger partial charge in [-0.05, 0) is 38.3 Å². The molecule has 1 atom stereocenters. The lowest BCUT2D eigenvalue weighted by Crippen LogP contribution is -2.51. The van der Waals surface area contributed by atoms with E-state index in [0.717, 1.165) is 56.9 Å². The summed E-state index contributed by atoms with van der Waals surface area (Å²) in [7, 11) is 0. The first-order valence-corrected chi connectivity index (χ1v) is 8.40. The molecule has 0 spiro atoms. The molecular weight excluding hydrogens is 294 g/mol. The van der Waals surface area contributed by atoms with Gasteiger partial charge in [0.1, 0.15) is 5.69 Å². The van der Waals surface area contributed by atoms with Gasteiger partial charge in [0.05, 0.1) is 17.6 Å². The highest BCUT2D eigenvalue weighted by Gasteiger charge is 2.29. The number of nitrogens with zero attached hydrogens (tertiary/aromatic N) is 3.